The summed E-state index contributed by atoms with van der Waals surface area (Å²) in [5.74, 6) is 0.833. The molecule has 0 unspecified atom stereocenters. The van der Waals surface area contributed by atoms with E-state index in [1.54, 1.807) is 9.13 Å². The second-order valence-corrected chi connectivity index (χ2v) is 5.33. The van der Waals surface area contributed by atoms with Crippen molar-refractivity contribution in [2.45, 2.75) is 39.4 Å². The zero-order valence-corrected chi connectivity index (χ0v) is 12.7. The van der Waals surface area contributed by atoms with Crippen LogP contribution in [0.3, 0.4) is 0 Å². The minimum absolute atomic E-state index is 0.0392. The first-order chi connectivity index (χ1) is 10.1. The van der Waals surface area contributed by atoms with E-state index in [1.807, 2.05) is 50.5 Å². The minimum atomic E-state index is 0.0392. The van der Waals surface area contributed by atoms with Crippen molar-refractivity contribution in [3.8, 4) is 5.75 Å². The van der Waals surface area contributed by atoms with E-state index in [1.165, 1.54) is 0 Å². The summed E-state index contributed by atoms with van der Waals surface area (Å²) in [6.07, 6.45) is 4.46. The van der Waals surface area contributed by atoms with Gasteiger partial charge in [0, 0.05) is 31.5 Å². The Morgan fingerprint density at radius 3 is 2.48 bits per heavy atom. The molecule has 0 saturated carbocycles. The third kappa shape index (κ3) is 3.98. The number of hydrogen-bond acceptors (Lipinski definition) is 3. The van der Waals surface area contributed by atoms with E-state index in [0.29, 0.717) is 19.7 Å². The zero-order valence-electron chi connectivity index (χ0n) is 12.7. The lowest BCUT2D eigenvalue weighted by Gasteiger charge is -2.07. The van der Waals surface area contributed by atoms with E-state index in [4.69, 9.17) is 10.5 Å². The largest absolute Gasteiger partial charge is 0.494 e. The second kappa shape index (κ2) is 7.13. The Balaban J connectivity index is 1.80. The van der Waals surface area contributed by atoms with Gasteiger partial charge in [-0.1, -0.05) is 12.1 Å². The molecule has 2 N–H and O–H groups in total. The molecule has 21 heavy (non-hydrogen) atoms. The molecule has 0 bridgehead atoms. The molecule has 0 spiro atoms. The van der Waals surface area contributed by atoms with Gasteiger partial charge in [-0.25, -0.2) is 4.79 Å². The molecule has 5 nitrogen and oxygen atoms in total. The van der Waals surface area contributed by atoms with E-state index < -0.39 is 0 Å². The minimum Gasteiger partial charge on any atom is -0.494 e. The number of hydrogen-bond donors (Lipinski definition) is 1. The van der Waals surface area contributed by atoms with E-state index in [2.05, 4.69) is 0 Å². The lowest BCUT2D eigenvalue weighted by atomic mass is 10.2. The number of aryl methyl sites for hydroxylation is 1. The Labute approximate surface area is 125 Å². The maximum Gasteiger partial charge on any atom is 0.328 e. The van der Waals surface area contributed by atoms with Gasteiger partial charge >= 0.3 is 5.69 Å². The Morgan fingerprint density at radius 1 is 1.19 bits per heavy atom. The van der Waals surface area contributed by atoms with Crippen LogP contribution in [0.15, 0.2) is 41.5 Å². The number of nitrogens with zero attached hydrogens (tertiary/aromatic N) is 2. The monoisotopic (exact) mass is 289 g/mol. The van der Waals surface area contributed by atoms with Crippen LogP contribution in [0.2, 0.25) is 0 Å². The van der Waals surface area contributed by atoms with Gasteiger partial charge in [-0.05, 0) is 38.0 Å². The van der Waals surface area contributed by atoms with Gasteiger partial charge in [0.25, 0.3) is 0 Å². The van der Waals surface area contributed by atoms with E-state index >= 15 is 0 Å². The molecule has 0 atom stereocenters. The van der Waals surface area contributed by atoms with E-state index in [0.717, 1.165) is 17.7 Å². The van der Waals surface area contributed by atoms with Crippen molar-refractivity contribution in [2.75, 3.05) is 6.61 Å². The molecule has 0 radical (unpaired) electrons. The van der Waals surface area contributed by atoms with Crippen LogP contribution in [0.5, 0.6) is 5.75 Å². The van der Waals surface area contributed by atoms with Gasteiger partial charge in [-0.15, -0.1) is 0 Å². The van der Waals surface area contributed by atoms with Gasteiger partial charge < -0.3 is 10.5 Å². The van der Waals surface area contributed by atoms with Crippen LogP contribution < -0.4 is 16.2 Å². The van der Waals surface area contributed by atoms with Crippen LogP contribution in [0, 0.1) is 0 Å². The van der Waals surface area contributed by atoms with Crippen LogP contribution in [0.4, 0.5) is 0 Å². The average Bonchev–Trinajstić information content (AvgIpc) is 2.85. The topological polar surface area (TPSA) is 62.2 Å². The van der Waals surface area contributed by atoms with Crippen LogP contribution in [-0.2, 0) is 13.1 Å². The van der Waals surface area contributed by atoms with Crippen molar-refractivity contribution >= 4 is 0 Å². The Morgan fingerprint density at radius 2 is 1.90 bits per heavy atom. The maximum atomic E-state index is 12.0. The predicted molar refractivity (Wildman–Crippen MR) is 83.5 cm³/mol. The summed E-state index contributed by atoms with van der Waals surface area (Å²) in [4.78, 5) is 12.0. The molecule has 0 aliphatic rings. The number of nitrogens with two attached hydrogens (primary N) is 1. The summed E-state index contributed by atoms with van der Waals surface area (Å²) >= 11 is 0. The zero-order chi connectivity index (χ0) is 15.2. The fourth-order valence-corrected chi connectivity index (χ4v) is 2.14. The molecule has 1 aromatic carbocycles. The lowest BCUT2D eigenvalue weighted by Crippen LogP contribution is -2.25. The average molecular weight is 289 g/mol. The first-order valence-corrected chi connectivity index (χ1v) is 7.31. The van der Waals surface area contributed by atoms with Crippen molar-refractivity contribution in [1.29, 1.82) is 0 Å². The number of benzene rings is 1. The molecular formula is C16H23N3O2. The molecule has 0 amide bonds. The number of rotatable bonds is 7. The van der Waals surface area contributed by atoms with Gasteiger partial charge in [0.15, 0.2) is 0 Å². The fourth-order valence-electron chi connectivity index (χ4n) is 2.14. The first kappa shape index (κ1) is 15.4. The maximum absolute atomic E-state index is 12.0. The molecular weight excluding hydrogens is 266 g/mol. The normalized spacial score (nSPS) is 11.0. The third-order valence-corrected chi connectivity index (χ3v) is 3.40. The molecule has 1 aromatic heterocycles. The SMILES string of the molecule is CC(C)n1ccn(CCCOc2ccc(CN)cc2)c1=O. The van der Waals surface area contributed by atoms with Gasteiger partial charge in [-0.2, -0.15) is 0 Å². The fraction of sp³-hybridized carbons (Fsp3) is 0.438. The summed E-state index contributed by atoms with van der Waals surface area (Å²) in [6, 6.07) is 7.95. The predicted octanol–water partition coefficient (Wildman–Crippen LogP) is 2.16. The Bertz CT molecular complexity index is 611. The first-order valence-electron chi connectivity index (χ1n) is 7.31. The van der Waals surface area contributed by atoms with Gasteiger partial charge in [0.2, 0.25) is 0 Å². The summed E-state index contributed by atoms with van der Waals surface area (Å²) in [5, 5.41) is 0. The van der Waals surface area contributed by atoms with E-state index in [9.17, 15) is 4.79 Å². The Kier molecular flexibility index (Phi) is 5.22. The van der Waals surface area contributed by atoms with Crippen LogP contribution in [0.1, 0.15) is 31.9 Å². The summed E-state index contributed by atoms with van der Waals surface area (Å²) < 4.78 is 9.11. The third-order valence-electron chi connectivity index (χ3n) is 3.40. The highest BCUT2D eigenvalue weighted by molar-refractivity contribution is 5.26. The molecule has 1 heterocycles. The summed E-state index contributed by atoms with van der Waals surface area (Å²) in [6.45, 7) is 5.79. The van der Waals surface area contributed by atoms with Crippen LogP contribution in [0.25, 0.3) is 0 Å². The molecule has 2 rings (SSSR count). The smallest absolute Gasteiger partial charge is 0.328 e. The summed E-state index contributed by atoms with van der Waals surface area (Å²) in [5.41, 5.74) is 6.67. The van der Waals surface area contributed by atoms with Gasteiger partial charge in [0.1, 0.15) is 5.75 Å². The van der Waals surface area contributed by atoms with Crippen molar-refractivity contribution in [2.24, 2.45) is 5.73 Å². The highest BCUT2D eigenvalue weighted by Crippen LogP contribution is 2.12. The Hall–Kier alpha value is -2.01. The van der Waals surface area contributed by atoms with Crippen LogP contribution >= 0.6 is 0 Å². The second-order valence-electron chi connectivity index (χ2n) is 5.33. The van der Waals surface area contributed by atoms with Gasteiger partial charge in [-0.3, -0.25) is 9.13 Å². The van der Waals surface area contributed by atoms with E-state index in [-0.39, 0.29) is 11.7 Å². The molecule has 0 saturated heterocycles. The van der Waals surface area contributed by atoms with Crippen molar-refractivity contribution in [1.82, 2.24) is 9.13 Å². The standard InChI is InChI=1S/C16H23N3O2/c1-13(2)19-10-9-18(16(19)20)8-3-11-21-15-6-4-14(12-17)5-7-15/h4-7,9-10,13H,3,8,11-12,17H2,1-2H3. The lowest BCUT2D eigenvalue weighted by molar-refractivity contribution is 0.300. The summed E-state index contributed by atoms with van der Waals surface area (Å²) in [7, 11) is 0. The number of aromatic nitrogens is 2. The van der Waals surface area contributed by atoms with Crippen molar-refractivity contribution in [3.63, 3.8) is 0 Å². The van der Waals surface area contributed by atoms with Crippen molar-refractivity contribution < 1.29 is 4.74 Å². The molecule has 114 valence electrons. The molecule has 0 aliphatic carbocycles. The number of imidazole rings is 1. The highest BCUT2D eigenvalue weighted by atomic mass is 16.5. The highest BCUT2D eigenvalue weighted by Gasteiger charge is 2.05. The molecule has 0 aliphatic heterocycles. The van der Waals surface area contributed by atoms with Crippen LogP contribution in [-0.4, -0.2) is 15.7 Å². The molecule has 2 aromatic rings. The molecule has 0 fully saturated rings. The quantitative estimate of drug-likeness (QED) is 0.794. The number of ether oxygens (including phenoxy) is 1. The molecule has 5 heteroatoms. The van der Waals surface area contributed by atoms with Gasteiger partial charge in [0.05, 0.1) is 6.61 Å². The van der Waals surface area contributed by atoms with Crippen molar-refractivity contribution in [3.05, 3.63) is 52.7 Å².